The van der Waals surface area contributed by atoms with E-state index >= 15 is 0 Å². The first-order valence-corrected chi connectivity index (χ1v) is 5.05. The summed E-state index contributed by atoms with van der Waals surface area (Å²) in [7, 11) is 0. The Labute approximate surface area is 89.8 Å². The number of rotatable bonds is 2. The monoisotopic (exact) mass is 210 g/mol. The van der Waals surface area contributed by atoms with Gasteiger partial charge in [0.1, 0.15) is 5.84 Å². The highest BCUT2D eigenvalue weighted by atomic mass is 35.5. The number of benzene rings is 1. The van der Waals surface area contributed by atoms with E-state index in [0.29, 0.717) is 5.84 Å². The van der Waals surface area contributed by atoms with Gasteiger partial charge in [0.15, 0.2) is 0 Å². The van der Waals surface area contributed by atoms with Crippen LogP contribution >= 0.6 is 11.6 Å². The van der Waals surface area contributed by atoms with Crippen molar-refractivity contribution in [2.75, 3.05) is 5.88 Å². The Morgan fingerprint density at radius 2 is 1.79 bits per heavy atom. The molecule has 0 amide bonds. The van der Waals surface area contributed by atoms with Gasteiger partial charge in [0.25, 0.3) is 0 Å². The lowest BCUT2D eigenvalue weighted by Gasteiger charge is -2.06. The van der Waals surface area contributed by atoms with Crippen molar-refractivity contribution in [2.24, 2.45) is 10.7 Å². The van der Waals surface area contributed by atoms with Crippen LogP contribution in [0.25, 0.3) is 0 Å². The van der Waals surface area contributed by atoms with Crippen LogP contribution in [0.1, 0.15) is 16.7 Å². The molecule has 2 nitrogen and oxygen atoms in total. The topological polar surface area (TPSA) is 38.4 Å². The number of amidine groups is 1. The Hall–Kier alpha value is -1.02. The van der Waals surface area contributed by atoms with Gasteiger partial charge in [-0.3, -0.25) is 0 Å². The molecule has 0 unspecified atom stereocenters. The molecule has 14 heavy (non-hydrogen) atoms. The number of aryl methyl sites for hydroxylation is 3. The minimum absolute atomic E-state index is 0.270. The molecule has 76 valence electrons. The quantitative estimate of drug-likeness (QED) is 0.455. The molecule has 0 atom stereocenters. The van der Waals surface area contributed by atoms with Crippen molar-refractivity contribution in [3.8, 4) is 0 Å². The summed E-state index contributed by atoms with van der Waals surface area (Å²) in [5.74, 6) is 0.727. The van der Waals surface area contributed by atoms with Crippen molar-refractivity contribution in [1.29, 1.82) is 0 Å². The highest BCUT2D eigenvalue weighted by molar-refractivity contribution is 6.28. The maximum atomic E-state index is 5.58. The number of hydrogen-bond acceptors (Lipinski definition) is 1. The van der Waals surface area contributed by atoms with E-state index in [4.69, 9.17) is 17.3 Å². The third-order valence-corrected chi connectivity index (χ3v) is 2.49. The second-order valence-electron chi connectivity index (χ2n) is 3.46. The lowest BCUT2D eigenvalue weighted by atomic mass is 10.1. The van der Waals surface area contributed by atoms with Crippen LogP contribution in [0, 0.1) is 20.8 Å². The molecule has 1 aromatic rings. The minimum atomic E-state index is 0.270. The SMILES string of the molecule is Cc1cc(C)c(N=C(N)CCl)cc1C. The van der Waals surface area contributed by atoms with E-state index in [2.05, 4.69) is 24.9 Å². The van der Waals surface area contributed by atoms with Gasteiger partial charge in [0, 0.05) is 0 Å². The summed E-state index contributed by atoms with van der Waals surface area (Å²) in [5.41, 5.74) is 10.1. The molecule has 1 rings (SSSR count). The third kappa shape index (κ3) is 2.48. The summed E-state index contributed by atoms with van der Waals surface area (Å²) in [6.07, 6.45) is 0. The number of aliphatic imine (C=N–C) groups is 1. The predicted molar refractivity (Wildman–Crippen MR) is 62.7 cm³/mol. The van der Waals surface area contributed by atoms with Crippen LogP contribution in [0.15, 0.2) is 17.1 Å². The molecule has 1 aromatic carbocycles. The van der Waals surface area contributed by atoms with Crippen LogP contribution in [-0.2, 0) is 0 Å². The Bertz CT molecular complexity index is 370. The summed E-state index contributed by atoms with van der Waals surface area (Å²) in [6.45, 7) is 6.16. The summed E-state index contributed by atoms with van der Waals surface area (Å²) in [4.78, 5) is 4.24. The van der Waals surface area contributed by atoms with Crippen molar-refractivity contribution < 1.29 is 0 Å². The van der Waals surface area contributed by atoms with Crippen LogP contribution < -0.4 is 5.73 Å². The molecule has 0 bridgehead atoms. The van der Waals surface area contributed by atoms with Gasteiger partial charge in [-0.25, -0.2) is 4.99 Å². The van der Waals surface area contributed by atoms with Crippen LogP contribution in [0.5, 0.6) is 0 Å². The van der Waals surface area contributed by atoms with Gasteiger partial charge >= 0.3 is 0 Å². The van der Waals surface area contributed by atoms with Gasteiger partial charge in [-0.2, -0.15) is 0 Å². The van der Waals surface area contributed by atoms with Gasteiger partial charge in [-0.05, 0) is 43.5 Å². The first-order valence-electron chi connectivity index (χ1n) is 4.51. The molecule has 3 heteroatoms. The second-order valence-corrected chi connectivity index (χ2v) is 3.73. The second kappa shape index (κ2) is 4.47. The number of nitrogens with zero attached hydrogens (tertiary/aromatic N) is 1. The molecule has 0 saturated carbocycles. The van der Waals surface area contributed by atoms with Crippen molar-refractivity contribution in [2.45, 2.75) is 20.8 Å². The largest absolute Gasteiger partial charge is 0.386 e. The molecular weight excluding hydrogens is 196 g/mol. The standard InChI is InChI=1S/C11H15ClN2/c1-7-4-9(3)10(5-8(7)2)14-11(13)6-12/h4-5H,6H2,1-3H3,(H2,13,14). The average Bonchev–Trinajstić information content (AvgIpc) is 2.14. The van der Waals surface area contributed by atoms with Crippen molar-refractivity contribution in [3.05, 3.63) is 28.8 Å². The van der Waals surface area contributed by atoms with Crippen molar-refractivity contribution in [3.63, 3.8) is 0 Å². The fourth-order valence-corrected chi connectivity index (χ4v) is 1.31. The van der Waals surface area contributed by atoms with Gasteiger partial charge in [-0.15, -0.1) is 11.6 Å². The fraction of sp³-hybridized carbons (Fsp3) is 0.364. The minimum Gasteiger partial charge on any atom is -0.386 e. The molecule has 0 aliphatic carbocycles. The van der Waals surface area contributed by atoms with Gasteiger partial charge in [0.2, 0.25) is 0 Å². The Kier molecular flexibility index (Phi) is 3.53. The van der Waals surface area contributed by atoms with Crippen LogP contribution in [0.4, 0.5) is 5.69 Å². The number of nitrogens with two attached hydrogens (primary N) is 1. The zero-order valence-corrected chi connectivity index (χ0v) is 9.52. The number of hydrogen-bond donors (Lipinski definition) is 1. The smallest absolute Gasteiger partial charge is 0.115 e. The molecule has 0 aliphatic rings. The normalized spacial score (nSPS) is 11.9. The lowest BCUT2D eigenvalue weighted by Crippen LogP contribution is -2.12. The molecule has 0 heterocycles. The predicted octanol–water partition coefficient (Wildman–Crippen LogP) is 2.84. The Morgan fingerprint density at radius 3 is 2.36 bits per heavy atom. The van der Waals surface area contributed by atoms with Crippen LogP contribution in [0.2, 0.25) is 0 Å². The zero-order chi connectivity index (χ0) is 10.7. The summed E-state index contributed by atoms with van der Waals surface area (Å²) in [6, 6.07) is 4.14. The maximum absolute atomic E-state index is 5.58. The lowest BCUT2D eigenvalue weighted by molar-refractivity contribution is 1.27. The molecule has 0 aromatic heterocycles. The fourth-order valence-electron chi connectivity index (χ4n) is 1.25. The molecular formula is C11H15ClN2. The van der Waals surface area contributed by atoms with E-state index in [9.17, 15) is 0 Å². The van der Waals surface area contributed by atoms with E-state index in [-0.39, 0.29) is 5.88 Å². The summed E-state index contributed by atoms with van der Waals surface area (Å²) < 4.78 is 0. The zero-order valence-electron chi connectivity index (χ0n) is 8.76. The maximum Gasteiger partial charge on any atom is 0.115 e. The molecule has 2 N–H and O–H groups in total. The Balaban J connectivity index is 3.16. The van der Waals surface area contributed by atoms with E-state index in [0.717, 1.165) is 11.3 Å². The first kappa shape index (κ1) is 11.1. The van der Waals surface area contributed by atoms with Crippen molar-refractivity contribution in [1.82, 2.24) is 0 Å². The van der Waals surface area contributed by atoms with Crippen LogP contribution in [0.3, 0.4) is 0 Å². The van der Waals surface area contributed by atoms with Crippen LogP contribution in [-0.4, -0.2) is 11.7 Å². The highest BCUT2D eigenvalue weighted by Gasteiger charge is 2.01. The Morgan fingerprint density at radius 1 is 1.21 bits per heavy atom. The number of halogens is 1. The summed E-state index contributed by atoms with van der Waals surface area (Å²) >= 11 is 5.57. The molecule has 0 aliphatic heterocycles. The van der Waals surface area contributed by atoms with E-state index in [1.165, 1.54) is 11.1 Å². The highest BCUT2D eigenvalue weighted by Crippen LogP contribution is 2.22. The van der Waals surface area contributed by atoms with Gasteiger partial charge in [0.05, 0.1) is 11.6 Å². The van der Waals surface area contributed by atoms with Gasteiger partial charge < -0.3 is 5.73 Å². The number of alkyl halides is 1. The average molecular weight is 211 g/mol. The third-order valence-electron chi connectivity index (χ3n) is 2.21. The van der Waals surface area contributed by atoms with E-state index < -0.39 is 0 Å². The van der Waals surface area contributed by atoms with E-state index in [1.807, 2.05) is 13.0 Å². The molecule has 0 spiro atoms. The molecule has 0 radical (unpaired) electrons. The first-order chi connectivity index (χ1) is 6.54. The van der Waals surface area contributed by atoms with Crippen molar-refractivity contribution >= 4 is 23.1 Å². The summed E-state index contributed by atoms with van der Waals surface area (Å²) in [5, 5.41) is 0. The molecule has 0 fully saturated rings. The van der Waals surface area contributed by atoms with Gasteiger partial charge in [-0.1, -0.05) is 6.07 Å². The van der Waals surface area contributed by atoms with E-state index in [1.54, 1.807) is 0 Å². The molecule has 0 saturated heterocycles.